The molecule has 30 heavy (non-hydrogen) atoms. The number of nitrogens with one attached hydrogen (secondary N) is 3. The first-order valence-corrected chi connectivity index (χ1v) is 9.77. The van der Waals surface area contributed by atoms with Gasteiger partial charge in [-0.15, -0.1) is 0 Å². The molecule has 0 fully saturated rings. The fourth-order valence-electron chi connectivity index (χ4n) is 2.81. The summed E-state index contributed by atoms with van der Waals surface area (Å²) in [6.45, 7) is 1.44. The Bertz CT molecular complexity index is 1260. The van der Waals surface area contributed by atoms with E-state index in [1.807, 2.05) is 0 Å². The van der Waals surface area contributed by atoms with Crippen LogP contribution in [0.25, 0.3) is 10.2 Å². The van der Waals surface area contributed by atoms with Gasteiger partial charge in [0.25, 0.3) is 5.91 Å². The summed E-state index contributed by atoms with van der Waals surface area (Å²) in [5.74, 6) is -0.657. The molecule has 150 valence electrons. The molecule has 9 heteroatoms. The zero-order valence-corrected chi connectivity index (χ0v) is 16.6. The predicted molar refractivity (Wildman–Crippen MR) is 116 cm³/mol. The molecule has 2 heterocycles. The standard InChI is InChI=1S/C21H16FN5O2S/c1-12(28)24-15-7-8-17-18(11-15)30-21(26-17)27-20(29)16-6-3-9-23-19(16)25-14-5-2-4-13(22)10-14/h2-11H,1H3,(H,23,25)(H,24,28)(H,26,27,29). The first-order valence-electron chi connectivity index (χ1n) is 8.95. The van der Waals surface area contributed by atoms with Crippen LogP contribution < -0.4 is 16.0 Å². The second-order valence-electron chi connectivity index (χ2n) is 6.37. The van der Waals surface area contributed by atoms with E-state index in [2.05, 4.69) is 25.9 Å². The van der Waals surface area contributed by atoms with E-state index < -0.39 is 11.7 Å². The molecule has 3 N–H and O–H groups in total. The fraction of sp³-hybridized carbons (Fsp3) is 0.0476. The van der Waals surface area contributed by atoms with Gasteiger partial charge in [-0.1, -0.05) is 17.4 Å². The molecule has 0 aliphatic rings. The van der Waals surface area contributed by atoms with Crippen molar-refractivity contribution in [2.75, 3.05) is 16.0 Å². The van der Waals surface area contributed by atoms with Crippen molar-refractivity contribution < 1.29 is 14.0 Å². The Hall–Kier alpha value is -3.85. The van der Waals surface area contributed by atoms with E-state index in [0.717, 1.165) is 4.70 Å². The van der Waals surface area contributed by atoms with Crippen LogP contribution >= 0.6 is 11.3 Å². The highest BCUT2D eigenvalue weighted by Gasteiger charge is 2.15. The number of benzene rings is 2. The molecule has 0 radical (unpaired) electrons. The number of fused-ring (bicyclic) bond motifs is 1. The number of carbonyl (C=O) groups excluding carboxylic acids is 2. The summed E-state index contributed by atoms with van der Waals surface area (Å²) in [5.41, 5.74) is 2.13. The van der Waals surface area contributed by atoms with Gasteiger partial charge in [-0.2, -0.15) is 0 Å². The minimum atomic E-state index is -0.400. The van der Waals surface area contributed by atoms with Gasteiger partial charge in [-0.25, -0.2) is 14.4 Å². The number of anilines is 4. The third-order valence-electron chi connectivity index (χ3n) is 4.07. The molecule has 2 aromatic carbocycles. The highest BCUT2D eigenvalue weighted by Crippen LogP contribution is 2.29. The highest BCUT2D eigenvalue weighted by molar-refractivity contribution is 7.22. The molecule has 0 saturated heterocycles. The van der Waals surface area contributed by atoms with Crippen molar-refractivity contribution in [3.63, 3.8) is 0 Å². The summed E-state index contributed by atoms with van der Waals surface area (Å²) in [4.78, 5) is 32.7. The van der Waals surface area contributed by atoms with E-state index in [1.165, 1.54) is 30.4 Å². The zero-order valence-electron chi connectivity index (χ0n) is 15.8. The number of hydrogen-bond donors (Lipinski definition) is 3. The van der Waals surface area contributed by atoms with Gasteiger partial charge in [0.2, 0.25) is 5.91 Å². The Labute approximate surface area is 175 Å². The summed E-state index contributed by atoms with van der Waals surface area (Å²) < 4.78 is 14.3. The molecule has 4 rings (SSSR count). The first kappa shape index (κ1) is 19.5. The second kappa shape index (κ2) is 8.26. The Balaban J connectivity index is 1.56. The van der Waals surface area contributed by atoms with Crippen molar-refractivity contribution in [3.8, 4) is 0 Å². The SMILES string of the molecule is CC(=O)Nc1ccc2nc(NC(=O)c3cccnc3Nc3cccc(F)c3)sc2c1. The number of nitrogens with zero attached hydrogens (tertiary/aromatic N) is 2. The van der Waals surface area contributed by atoms with Gasteiger partial charge >= 0.3 is 0 Å². The molecule has 0 bridgehead atoms. The van der Waals surface area contributed by atoms with Crippen molar-refractivity contribution >= 4 is 55.7 Å². The van der Waals surface area contributed by atoms with Crippen molar-refractivity contribution in [3.05, 3.63) is 72.2 Å². The Morgan fingerprint density at radius 3 is 2.67 bits per heavy atom. The number of rotatable bonds is 5. The van der Waals surface area contributed by atoms with E-state index in [4.69, 9.17) is 0 Å². The summed E-state index contributed by atoms with van der Waals surface area (Å²) in [6, 6.07) is 14.5. The minimum absolute atomic E-state index is 0.165. The molecule has 0 atom stereocenters. The van der Waals surface area contributed by atoms with Crippen LogP contribution in [-0.4, -0.2) is 21.8 Å². The molecule has 0 aliphatic heterocycles. The van der Waals surface area contributed by atoms with E-state index in [9.17, 15) is 14.0 Å². The van der Waals surface area contributed by atoms with E-state index in [0.29, 0.717) is 33.4 Å². The van der Waals surface area contributed by atoms with Gasteiger partial charge in [0.05, 0.1) is 15.8 Å². The van der Waals surface area contributed by atoms with Gasteiger partial charge in [0, 0.05) is 24.5 Å². The van der Waals surface area contributed by atoms with Crippen LogP contribution in [0, 0.1) is 5.82 Å². The van der Waals surface area contributed by atoms with Crippen LogP contribution in [0.1, 0.15) is 17.3 Å². The second-order valence-corrected chi connectivity index (χ2v) is 7.40. The summed E-state index contributed by atoms with van der Waals surface area (Å²) in [6.07, 6.45) is 1.54. The van der Waals surface area contributed by atoms with E-state index >= 15 is 0 Å². The molecule has 2 amide bonds. The number of hydrogen-bond acceptors (Lipinski definition) is 6. The minimum Gasteiger partial charge on any atom is -0.339 e. The third kappa shape index (κ3) is 4.41. The number of thiazole rings is 1. The van der Waals surface area contributed by atoms with Gasteiger partial charge < -0.3 is 10.6 Å². The normalized spacial score (nSPS) is 10.6. The third-order valence-corrected chi connectivity index (χ3v) is 5.00. The van der Waals surface area contributed by atoms with Crippen molar-refractivity contribution in [1.29, 1.82) is 0 Å². The maximum atomic E-state index is 13.4. The lowest BCUT2D eigenvalue weighted by molar-refractivity contribution is -0.114. The molecule has 0 saturated carbocycles. The summed E-state index contributed by atoms with van der Waals surface area (Å²) in [5, 5.41) is 8.86. The highest BCUT2D eigenvalue weighted by atomic mass is 32.1. The van der Waals surface area contributed by atoms with E-state index in [1.54, 1.807) is 48.7 Å². The molecular weight excluding hydrogens is 405 g/mol. The molecular formula is C21H16FN5O2S. The fourth-order valence-corrected chi connectivity index (χ4v) is 3.71. The molecule has 0 spiro atoms. The quantitative estimate of drug-likeness (QED) is 0.431. The summed E-state index contributed by atoms with van der Waals surface area (Å²) in [7, 11) is 0. The number of halogens is 1. The number of aromatic nitrogens is 2. The monoisotopic (exact) mass is 421 g/mol. The number of carbonyl (C=O) groups is 2. The lowest BCUT2D eigenvalue weighted by Gasteiger charge is -2.10. The van der Waals surface area contributed by atoms with E-state index in [-0.39, 0.29) is 5.91 Å². The lowest BCUT2D eigenvalue weighted by atomic mass is 10.2. The van der Waals surface area contributed by atoms with Gasteiger partial charge in [-0.3, -0.25) is 14.9 Å². The number of amides is 2. The maximum absolute atomic E-state index is 13.4. The molecule has 2 aromatic heterocycles. The Morgan fingerprint density at radius 2 is 1.87 bits per heavy atom. The molecule has 0 aliphatic carbocycles. The van der Waals surface area contributed by atoms with Crippen molar-refractivity contribution in [2.24, 2.45) is 0 Å². The molecule has 4 aromatic rings. The Morgan fingerprint density at radius 1 is 1.00 bits per heavy atom. The van der Waals surface area contributed by atoms with Gasteiger partial charge in [-0.05, 0) is 48.5 Å². The molecule has 7 nitrogen and oxygen atoms in total. The van der Waals surface area contributed by atoms with Gasteiger partial charge in [0.15, 0.2) is 5.13 Å². The van der Waals surface area contributed by atoms with Crippen LogP contribution in [0.4, 0.5) is 26.7 Å². The van der Waals surface area contributed by atoms with Crippen LogP contribution in [0.15, 0.2) is 60.8 Å². The predicted octanol–water partition coefficient (Wildman–Crippen LogP) is 4.78. The first-order chi connectivity index (χ1) is 14.5. The average molecular weight is 421 g/mol. The Kier molecular flexibility index (Phi) is 5.36. The van der Waals surface area contributed by atoms with Crippen molar-refractivity contribution in [2.45, 2.75) is 6.92 Å². The smallest absolute Gasteiger partial charge is 0.261 e. The number of pyridine rings is 1. The molecule has 0 unspecified atom stereocenters. The lowest BCUT2D eigenvalue weighted by Crippen LogP contribution is -2.14. The maximum Gasteiger partial charge on any atom is 0.261 e. The topological polar surface area (TPSA) is 96.0 Å². The van der Waals surface area contributed by atoms with Crippen LogP contribution in [-0.2, 0) is 4.79 Å². The summed E-state index contributed by atoms with van der Waals surface area (Å²) >= 11 is 1.29. The van der Waals surface area contributed by atoms with Gasteiger partial charge in [0.1, 0.15) is 11.6 Å². The van der Waals surface area contributed by atoms with Crippen molar-refractivity contribution in [1.82, 2.24) is 9.97 Å². The van der Waals surface area contributed by atoms with Crippen LogP contribution in [0.2, 0.25) is 0 Å². The van der Waals surface area contributed by atoms with Crippen LogP contribution in [0.5, 0.6) is 0 Å². The average Bonchev–Trinajstić information content (AvgIpc) is 3.09. The largest absolute Gasteiger partial charge is 0.339 e. The zero-order chi connectivity index (χ0) is 21.1. The van der Waals surface area contributed by atoms with Crippen LogP contribution in [0.3, 0.4) is 0 Å².